The summed E-state index contributed by atoms with van der Waals surface area (Å²) in [6, 6.07) is 12.0. The number of nitrogens with one attached hydrogen (secondary N) is 2. The largest absolute Gasteiger partial charge is 0.457 e. The van der Waals surface area contributed by atoms with Gasteiger partial charge < -0.3 is 29.4 Å². The summed E-state index contributed by atoms with van der Waals surface area (Å²) >= 11 is 0. The Labute approximate surface area is 233 Å². The van der Waals surface area contributed by atoms with Crippen molar-refractivity contribution >= 4 is 22.9 Å². The van der Waals surface area contributed by atoms with Gasteiger partial charge in [-0.05, 0) is 87.1 Å². The number of hydrogen-bond donors (Lipinski definition) is 2. The van der Waals surface area contributed by atoms with Gasteiger partial charge in [-0.2, -0.15) is 0 Å². The second kappa shape index (κ2) is 10.8. The van der Waals surface area contributed by atoms with Crippen molar-refractivity contribution in [2.75, 3.05) is 25.0 Å². The summed E-state index contributed by atoms with van der Waals surface area (Å²) in [5.74, 6) is 2.21. The molecule has 1 atom stereocenters. The number of aromatic nitrogens is 3. The molecule has 3 aromatic heterocycles. The molecule has 5 heterocycles. The molecule has 1 aromatic carbocycles. The number of anilines is 1. The van der Waals surface area contributed by atoms with Gasteiger partial charge in [-0.1, -0.05) is 6.07 Å². The number of rotatable bonds is 6. The van der Waals surface area contributed by atoms with Gasteiger partial charge >= 0.3 is 6.09 Å². The van der Waals surface area contributed by atoms with E-state index in [0.29, 0.717) is 24.6 Å². The second-order valence-corrected chi connectivity index (χ2v) is 11.4. The summed E-state index contributed by atoms with van der Waals surface area (Å²) in [6.07, 6.45) is 8.40. The van der Waals surface area contributed by atoms with Crippen LogP contribution in [0.2, 0.25) is 0 Å². The molecule has 0 bridgehead atoms. The maximum atomic E-state index is 12.7. The third-order valence-corrected chi connectivity index (χ3v) is 7.21. The number of nitrogens with zero attached hydrogens (tertiary/aromatic N) is 3. The molecule has 208 valence electrons. The molecule has 2 aliphatic rings. The highest BCUT2D eigenvalue weighted by Gasteiger charge is 2.26. The van der Waals surface area contributed by atoms with Crippen LogP contribution in [0.4, 0.5) is 10.6 Å². The zero-order valence-corrected chi connectivity index (χ0v) is 23.2. The standard InChI is InChI=1S/C31H35N5O4/c1-31(2,3)40-30(37)36-13-10-20-6-7-23(15-22(20)19-36)39-26-9-12-33-29-28(26)25(18-35-29)21-8-11-32-27(16-21)34-17-24-5-4-14-38-24/h6-9,11-12,15-16,18,24H,4-5,10,13-14,17,19H2,1-3H3,(H,32,34)(H,33,35)/t24-/m0/s1. The van der Waals surface area contributed by atoms with Crippen LogP contribution in [0.3, 0.4) is 0 Å². The Kier molecular flexibility index (Phi) is 7.06. The Balaban J connectivity index is 1.24. The van der Waals surface area contributed by atoms with Crippen LogP contribution in [0.5, 0.6) is 11.5 Å². The SMILES string of the molecule is CC(C)(C)OC(=O)N1CCc2ccc(Oc3ccnc4[nH]cc(-c5ccnc(NC[C@@H]6CCCO6)c5)c34)cc2C1. The highest BCUT2D eigenvalue weighted by Crippen LogP contribution is 2.38. The molecule has 1 amide bonds. The lowest BCUT2D eigenvalue weighted by Gasteiger charge is -2.31. The van der Waals surface area contributed by atoms with Crippen LogP contribution in [-0.4, -0.2) is 57.3 Å². The van der Waals surface area contributed by atoms with Gasteiger partial charge in [-0.15, -0.1) is 0 Å². The zero-order valence-electron chi connectivity index (χ0n) is 23.2. The number of carbonyl (C=O) groups is 1. The summed E-state index contributed by atoms with van der Waals surface area (Å²) in [5, 5.41) is 4.31. The maximum Gasteiger partial charge on any atom is 0.410 e. The van der Waals surface area contributed by atoms with Crippen LogP contribution in [-0.2, 0) is 22.4 Å². The first-order chi connectivity index (χ1) is 19.3. The van der Waals surface area contributed by atoms with Gasteiger partial charge in [-0.3, -0.25) is 0 Å². The summed E-state index contributed by atoms with van der Waals surface area (Å²) in [4.78, 5) is 26.7. The van der Waals surface area contributed by atoms with E-state index in [2.05, 4.69) is 26.3 Å². The van der Waals surface area contributed by atoms with E-state index in [1.165, 1.54) is 5.56 Å². The number of H-pyrrole nitrogens is 1. The van der Waals surface area contributed by atoms with Gasteiger partial charge in [0.15, 0.2) is 0 Å². The van der Waals surface area contributed by atoms with E-state index in [1.54, 1.807) is 11.1 Å². The van der Waals surface area contributed by atoms with Gasteiger partial charge in [0.05, 0.1) is 11.5 Å². The van der Waals surface area contributed by atoms with Gasteiger partial charge in [0.2, 0.25) is 0 Å². The first kappa shape index (κ1) is 26.1. The molecule has 2 aliphatic heterocycles. The molecule has 4 aromatic rings. The van der Waals surface area contributed by atoms with E-state index in [1.807, 2.05) is 63.5 Å². The average Bonchev–Trinajstić information content (AvgIpc) is 3.62. The third kappa shape index (κ3) is 5.74. The second-order valence-electron chi connectivity index (χ2n) is 11.4. The predicted octanol–water partition coefficient (Wildman–Crippen LogP) is 6.30. The monoisotopic (exact) mass is 541 g/mol. The Bertz CT molecular complexity index is 1520. The summed E-state index contributed by atoms with van der Waals surface area (Å²) in [6.45, 7) is 8.34. The summed E-state index contributed by atoms with van der Waals surface area (Å²) in [7, 11) is 0. The van der Waals surface area contributed by atoms with Crippen LogP contribution in [0, 0.1) is 0 Å². The topological polar surface area (TPSA) is 102 Å². The first-order valence-corrected chi connectivity index (χ1v) is 13.9. The minimum atomic E-state index is -0.528. The highest BCUT2D eigenvalue weighted by molar-refractivity contribution is 5.98. The van der Waals surface area contributed by atoms with E-state index in [4.69, 9.17) is 14.2 Å². The first-order valence-electron chi connectivity index (χ1n) is 13.9. The number of ether oxygens (including phenoxy) is 3. The summed E-state index contributed by atoms with van der Waals surface area (Å²) in [5.41, 5.74) is 4.48. The Morgan fingerprint density at radius 3 is 2.85 bits per heavy atom. The van der Waals surface area contributed by atoms with E-state index < -0.39 is 5.60 Å². The fourth-order valence-electron chi connectivity index (χ4n) is 5.26. The number of amides is 1. The molecule has 0 unspecified atom stereocenters. The van der Waals surface area contributed by atoms with Crippen molar-refractivity contribution in [2.45, 2.75) is 58.3 Å². The molecule has 0 spiro atoms. The number of aromatic amines is 1. The minimum absolute atomic E-state index is 0.232. The number of hydrogen-bond acceptors (Lipinski definition) is 7. The quantitative estimate of drug-likeness (QED) is 0.295. The zero-order chi connectivity index (χ0) is 27.7. The molecule has 0 radical (unpaired) electrons. The van der Waals surface area contributed by atoms with E-state index in [0.717, 1.165) is 66.0 Å². The molecule has 1 fully saturated rings. The maximum absolute atomic E-state index is 12.7. The van der Waals surface area contributed by atoms with Crippen molar-refractivity contribution in [3.8, 4) is 22.6 Å². The Morgan fingerprint density at radius 1 is 1.15 bits per heavy atom. The Morgan fingerprint density at radius 2 is 2.02 bits per heavy atom. The van der Waals surface area contributed by atoms with Gasteiger partial charge in [0.1, 0.15) is 28.6 Å². The van der Waals surface area contributed by atoms with E-state index in [9.17, 15) is 4.79 Å². The van der Waals surface area contributed by atoms with E-state index in [-0.39, 0.29) is 12.2 Å². The third-order valence-electron chi connectivity index (χ3n) is 7.21. The predicted molar refractivity (Wildman–Crippen MR) is 154 cm³/mol. The molecule has 40 heavy (non-hydrogen) atoms. The fourth-order valence-corrected chi connectivity index (χ4v) is 5.26. The van der Waals surface area contributed by atoms with Crippen molar-refractivity contribution in [3.05, 3.63) is 66.1 Å². The van der Waals surface area contributed by atoms with Crippen LogP contribution in [0.1, 0.15) is 44.7 Å². The normalized spacial score (nSPS) is 17.1. The van der Waals surface area contributed by atoms with Crippen molar-refractivity contribution in [2.24, 2.45) is 0 Å². The molecule has 2 N–H and O–H groups in total. The van der Waals surface area contributed by atoms with E-state index >= 15 is 0 Å². The molecule has 1 saturated heterocycles. The molecular weight excluding hydrogens is 506 g/mol. The molecule has 0 aliphatic carbocycles. The molecule has 9 nitrogen and oxygen atoms in total. The minimum Gasteiger partial charge on any atom is -0.457 e. The molecule has 9 heteroatoms. The van der Waals surface area contributed by atoms with Gasteiger partial charge in [0.25, 0.3) is 0 Å². The van der Waals surface area contributed by atoms with Gasteiger partial charge in [0, 0.05) is 50.4 Å². The number of pyridine rings is 2. The lowest BCUT2D eigenvalue weighted by atomic mass is 10.00. The van der Waals surface area contributed by atoms with Crippen LogP contribution >= 0.6 is 0 Å². The average molecular weight is 542 g/mol. The number of benzene rings is 1. The highest BCUT2D eigenvalue weighted by atomic mass is 16.6. The van der Waals surface area contributed by atoms with Crippen LogP contribution in [0.15, 0.2) is 55.0 Å². The van der Waals surface area contributed by atoms with Crippen molar-refractivity contribution in [1.29, 1.82) is 0 Å². The van der Waals surface area contributed by atoms with Crippen molar-refractivity contribution < 1.29 is 19.0 Å². The lowest BCUT2D eigenvalue weighted by Crippen LogP contribution is -2.39. The fraction of sp³-hybridized carbons (Fsp3) is 0.387. The number of carbonyl (C=O) groups excluding carboxylic acids is 1. The van der Waals surface area contributed by atoms with Crippen molar-refractivity contribution in [1.82, 2.24) is 19.9 Å². The molecular formula is C31H35N5O4. The number of fused-ring (bicyclic) bond motifs is 2. The lowest BCUT2D eigenvalue weighted by molar-refractivity contribution is 0.0224. The van der Waals surface area contributed by atoms with Gasteiger partial charge in [-0.25, -0.2) is 14.8 Å². The summed E-state index contributed by atoms with van der Waals surface area (Å²) < 4.78 is 17.8. The smallest absolute Gasteiger partial charge is 0.410 e. The Hall–Kier alpha value is -4.11. The van der Waals surface area contributed by atoms with Crippen LogP contribution < -0.4 is 10.1 Å². The molecule has 0 saturated carbocycles. The molecule has 6 rings (SSSR count). The van der Waals surface area contributed by atoms with Crippen molar-refractivity contribution in [3.63, 3.8) is 0 Å². The van der Waals surface area contributed by atoms with Crippen LogP contribution in [0.25, 0.3) is 22.2 Å².